The summed E-state index contributed by atoms with van der Waals surface area (Å²) in [6.45, 7) is 0. The van der Waals surface area contributed by atoms with Crippen LogP contribution in [0.1, 0.15) is 0 Å². The molecule has 1 atom stereocenters. The van der Waals surface area contributed by atoms with Gasteiger partial charge in [0.2, 0.25) is 9.84 Å². The Balaban J connectivity index is 0.000000258. The number of hydrogen-bond acceptors (Lipinski definition) is 6. The van der Waals surface area contributed by atoms with Crippen LogP contribution in [0.25, 0.3) is 0 Å². The van der Waals surface area contributed by atoms with Crippen molar-refractivity contribution in [3.8, 4) is 0 Å². The van der Waals surface area contributed by atoms with Crippen molar-refractivity contribution in [3.63, 3.8) is 0 Å². The zero-order valence-electron chi connectivity index (χ0n) is 17.1. The van der Waals surface area contributed by atoms with E-state index in [2.05, 4.69) is 9.97 Å². The van der Waals surface area contributed by atoms with Crippen molar-refractivity contribution in [3.05, 3.63) is 115 Å². The summed E-state index contributed by atoms with van der Waals surface area (Å²) in [5.41, 5.74) is 0. The van der Waals surface area contributed by atoms with Gasteiger partial charge in [-0.2, -0.15) is 0 Å². The molecule has 4 aromatic rings. The van der Waals surface area contributed by atoms with Gasteiger partial charge >= 0.3 is 29.6 Å². The molecule has 2 aromatic carbocycles. The van der Waals surface area contributed by atoms with E-state index in [1.54, 1.807) is 85.1 Å². The monoisotopic (exact) mass is 496 g/mol. The third-order valence-corrected chi connectivity index (χ3v) is 6.10. The molecule has 10 heteroatoms. The second-order valence-corrected chi connectivity index (χ2v) is 8.91. The van der Waals surface area contributed by atoms with Gasteiger partial charge in [0, 0.05) is 17.3 Å². The van der Waals surface area contributed by atoms with Crippen LogP contribution in [0, 0.1) is 0 Å². The minimum atomic E-state index is -3.45. The Labute approximate surface area is 217 Å². The SMILES string of the molecule is Clc1ccccn1.O=S(=O)(c1ccccc1)c1ccccn1.O=S([O-])c1ccccc1.[Na+]. The number of benzene rings is 2. The van der Waals surface area contributed by atoms with Crippen LogP contribution in [0.2, 0.25) is 5.15 Å². The van der Waals surface area contributed by atoms with Crippen molar-refractivity contribution in [1.29, 1.82) is 0 Å². The van der Waals surface area contributed by atoms with Crippen LogP contribution < -0.4 is 29.6 Å². The molecular weight excluding hydrogens is 479 g/mol. The maximum Gasteiger partial charge on any atom is 1.00 e. The Bertz CT molecular complexity index is 1120. The Morgan fingerprint density at radius 3 is 1.59 bits per heavy atom. The fraction of sp³-hybridized carbons (Fsp3) is 0. The van der Waals surface area contributed by atoms with E-state index < -0.39 is 20.9 Å². The number of sulfone groups is 1. The van der Waals surface area contributed by atoms with Crippen LogP contribution in [-0.2, 0) is 20.9 Å². The molecule has 2 aromatic heterocycles. The molecule has 0 fully saturated rings. The fourth-order valence-corrected chi connectivity index (χ4v) is 3.82. The number of pyridine rings is 2. The van der Waals surface area contributed by atoms with Gasteiger partial charge in [0.15, 0.2) is 5.03 Å². The van der Waals surface area contributed by atoms with E-state index in [9.17, 15) is 17.2 Å². The number of nitrogens with zero attached hydrogens (tertiary/aromatic N) is 2. The Kier molecular flexibility index (Phi) is 13.2. The third-order valence-electron chi connectivity index (χ3n) is 3.53. The fourth-order valence-electron chi connectivity index (χ4n) is 2.10. The molecule has 0 spiro atoms. The summed E-state index contributed by atoms with van der Waals surface area (Å²) in [6, 6.07) is 26.7. The number of hydrogen-bond donors (Lipinski definition) is 0. The van der Waals surface area contributed by atoms with E-state index in [0.717, 1.165) is 0 Å². The van der Waals surface area contributed by atoms with Crippen LogP contribution in [0.15, 0.2) is 124 Å². The normalized spacial score (nSPS) is 10.8. The summed E-state index contributed by atoms with van der Waals surface area (Å²) in [5, 5.41) is 0.624. The Morgan fingerprint density at radius 2 is 1.22 bits per heavy atom. The van der Waals surface area contributed by atoms with Gasteiger partial charge in [0.25, 0.3) is 0 Å². The topological polar surface area (TPSA) is 100 Å². The standard InChI is InChI=1S/C11H9NO2S.C6H6O2S.C5H4ClN.Na/c13-15(14,10-6-2-1-3-7-10)11-8-4-5-9-12-11;7-9(8)6-4-2-1-3-5-6;6-5-3-1-2-4-7-5;/h1-9H;1-5H,(H,7,8);1-4H;/q;;;+1/p-1. The summed E-state index contributed by atoms with van der Waals surface area (Å²) in [4.78, 5) is 8.18. The smallest absolute Gasteiger partial charge is 0.768 e. The quantitative estimate of drug-likeness (QED) is 0.242. The largest absolute Gasteiger partial charge is 1.00 e. The summed E-state index contributed by atoms with van der Waals surface area (Å²) < 4.78 is 44.3. The molecule has 160 valence electrons. The number of rotatable bonds is 3. The molecule has 4 rings (SSSR count). The first kappa shape index (κ1) is 28.1. The minimum absolute atomic E-state index is 0. The van der Waals surface area contributed by atoms with E-state index in [-0.39, 0.29) is 39.5 Å². The van der Waals surface area contributed by atoms with Crippen molar-refractivity contribution in [2.24, 2.45) is 0 Å². The molecule has 0 bridgehead atoms. The first-order valence-corrected chi connectivity index (χ1v) is 11.8. The maximum atomic E-state index is 12.0. The first-order valence-electron chi connectivity index (χ1n) is 8.83. The van der Waals surface area contributed by atoms with Crippen LogP contribution in [0.4, 0.5) is 0 Å². The summed E-state index contributed by atoms with van der Waals surface area (Å²) in [5.74, 6) is 0. The van der Waals surface area contributed by atoms with Crippen LogP contribution in [0.5, 0.6) is 0 Å². The van der Waals surface area contributed by atoms with Gasteiger partial charge in [0.1, 0.15) is 5.15 Å². The molecule has 0 amide bonds. The van der Waals surface area contributed by atoms with Crippen molar-refractivity contribution < 1.29 is 46.7 Å². The molecule has 32 heavy (non-hydrogen) atoms. The average Bonchev–Trinajstić information content (AvgIpc) is 2.82. The average molecular weight is 497 g/mol. The molecule has 0 aliphatic carbocycles. The van der Waals surface area contributed by atoms with Crippen LogP contribution >= 0.6 is 11.6 Å². The van der Waals surface area contributed by atoms with Crippen LogP contribution in [0.3, 0.4) is 0 Å². The third kappa shape index (κ3) is 9.70. The molecule has 0 radical (unpaired) electrons. The van der Waals surface area contributed by atoms with E-state index in [1.165, 1.54) is 12.3 Å². The zero-order valence-corrected chi connectivity index (χ0v) is 21.5. The van der Waals surface area contributed by atoms with Gasteiger partial charge in [-0.25, -0.2) is 18.4 Å². The molecule has 0 saturated heterocycles. The second-order valence-electron chi connectivity index (χ2n) is 5.68. The predicted octanol–water partition coefficient (Wildman–Crippen LogP) is 1.58. The summed E-state index contributed by atoms with van der Waals surface area (Å²) in [7, 11) is -3.45. The van der Waals surface area contributed by atoms with Gasteiger partial charge in [-0.3, -0.25) is 4.21 Å². The van der Waals surface area contributed by atoms with Gasteiger partial charge < -0.3 is 4.55 Å². The molecule has 0 saturated carbocycles. The van der Waals surface area contributed by atoms with Crippen molar-refractivity contribution in [1.82, 2.24) is 9.97 Å². The van der Waals surface area contributed by atoms with Gasteiger partial charge in [0.05, 0.1) is 4.90 Å². The molecule has 2 heterocycles. The van der Waals surface area contributed by atoms with Gasteiger partial charge in [-0.05, 0) is 59.6 Å². The van der Waals surface area contributed by atoms with Crippen molar-refractivity contribution in [2.45, 2.75) is 14.8 Å². The van der Waals surface area contributed by atoms with Crippen molar-refractivity contribution in [2.75, 3.05) is 0 Å². The van der Waals surface area contributed by atoms with E-state index in [4.69, 9.17) is 11.6 Å². The van der Waals surface area contributed by atoms with Crippen LogP contribution in [-0.4, -0.2) is 27.1 Å². The van der Waals surface area contributed by atoms with Crippen molar-refractivity contribution >= 4 is 32.5 Å². The van der Waals surface area contributed by atoms with Gasteiger partial charge in [-0.1, -0.05) is 60.1 Å². The summed E-state index contributed by atoms with van der Waals surface area (Å²) >= 11 is 3.35. The molecular formula is C22H18ClN2NaO4S2. The molecule has 1 unspecified atom stereocenters. The van der Waals surface area contributed by atoms with Gasteiger partial charge in [-0.15, -0.1) is 0 Å². The number of halogens is 1. The molecule has 0 aliphatic heterocycles. The Hall–Kier alpha value is -1.91. The zero-order chi connectivity index (χ0) is 22.5. The minimum Gasteiger partial charge on any atom is -0.768 e. The Morgan fingerprint density at radius 1 is 0.719 bits per heavy atom. The van der Waals surface area contributed by atoms with E-state index >= 15 is 0 Å². The molecule has 6 nitrogen and oxygen atoms in total. The van der Waals surface area contributed by atoms with E-state index in [0.29, 0.717) is 10.0 Å². The number of aromatic nitrogens is 2. The molecule has 0 aliphatic rings. The predicted molar refractivity (Wildman–Crippen MR) is 119 cm³/mol. The summed E-state index contributed by atoms with van der Waals surface area (Å²) in [6.07, 6.45) is 3.12. The first-order chi connectivity index (χ1) is 14.9. The maximum absolute atomic E-state index is 12.0. The molecule has 0 N–H and O–H groups in total. The second kappa shape index (κ2) is 15.0. The van der Waals surface area contributed by atoms with E-state index in [1.807, 2.05) is 12.1 Å².